The molecule has 4 heteroatoms. The molecule has 0 amide bonds. The summed E-state index contributed by atoms with van der Waals surface area (Å²) in [5.41, 5.74) is 0. The molecule has 0 aromatic heterocycles. The molecule has 0 aliphatic heterocycles. The van der Waals surface area contributed by atoms with Gasteiger partial charge in [0.15, 0.2) is 5.78 Å². The molecule has 0 saturated carbocycles. The van der Waals surface area contributed by atoms with Gasteiger partial charge in [0.05, 0.1) is 5.33 Å². The first-order valence-corrected chi connectivity index (χ1v) is 3.59. The van der Waals surface area contributed by atoms with Gasteiger partial charge in [-0.3, -0.25) is 4.79 Å². The van der Waals surface area contributed by atoms with Crippen molar-refractivity contribution >= 4 is 37.6 Å². The summed E-state index contributed by atoms with van der Waals surface area (Å²) in [7, 11) is 0. The molecule has 0 bridgehead atoms. The van der Waals surface area contributed by atoms with E-state index in [1.807, 2.05) is 0 Å². The van der Waals surface area contributed by atoms with Gasteiger partial charge in [-0.05, 0) is 15.9 Å². The van der Waals surface area contributed by atoms with Crippen LogP contribution in [-0.2, 0) is 4.79 Å². The van der Waals surface area contributed by atoms with Crippen molar-refractivity contribution in [2.24, 2.45) is 0 Å². The van der Waals surface area contributed by atoms with Crippen LogP contribution >= 0.6 is 31.9 Å². The standard InChI is InChI=1S/C3H3Br2FO/c4-1-2(7)3(5)6/h3H,1H2. The van der Waals surface area contributed by atoms with Gasteiger partial charge in [0.1, 0.15) is 0 Å². The lowest BCUT2D eigenvalue weighted by atomic mass is 10.5. The fourth-order valence-electron chi connectivity index (χ4n) is 0.0583. The smallest absolute Gasteiger partial charge is 0.213 e. The van der Waals surface area contributed by atoms with Crippen LogP contribution in [-0.4, -0.2) is 16.2 Å². The van der Waals surface area contributed by atoms with Crippen LogP contribution in [0, 0.1) is 0 Å². The number of hydrogen-bond acceptors (Lipinski definition) is 1. The Morgan fingerprint density at radius 1 is 1.86 bits per heavy atom. The Morgan fingerprint density at radius 3 is 2.29 bits per heavy atom. The number of carbonyl (C=O) groups is 1. The predicted octanol–water partition coefficient (Wildman–Crippen LogP) is 1.64. The third-order valence-corrected chi connectivity index (χ3v) is 1.44. The SMILES string of the molecule is O=C(CBr)C(F)Br. The van der Waals surface area contributed by atoms with Crippen molar-refractivity contribution in [1.82, 2.24) is 0 Å². The summed E-state index contributed by atoms with van der Waals surface area (Å²) in [6.45, 7) is 0. The van der Waals surface area contributed by atoms with E-state index in [-0.39, 0.29) is 5.33 Å². The minimum absolute atomic E-state index is 0.0689. The van der Waals surface area contributed by atoms with E-state index in [1.54, 1.807) is 0 Å². The summed E-state index contributed by atoms with van der Waals surface area (Å²) in [6.07, 6.45) is 0. The average Bonchev–Trinajstić information content (AvgIpc) is 1.65. The lowest BCUT2D eigenvalue weighted by molar-refractivity contribution is -0.118. The van der Waals surface area contributed by atoms with Crippen LogP contribution < -0.4 is 0 Å². The largest absolute Gasteiger partial charge is 0.294 e. The second-order valence-corrected chi connectivity index (χ2v) is 2.27. The molecule has 1 nitrogen and oxygen atoms in total. The highest BCUT2D eigenvalue weighted by atomic mass is 79.9. The second kappa shape index (κ2) is 3.55. The number of hydrogen-bond donors (Lipinski definition) is 0. The van der Waals surface area contributed by atoms with Crippen molar-refractivity contribution < 1.29 is 9.18 Å². The van der Waals surface area contributed by atoms with Gasteiger partial charge in [-0.15, -0.1) is 0 Å². The van der Waals surface area contributed by atoms with Crippen molar-refractivity contribution in [2.75, 3.05) is 5.33 Å². The highest BCUT2D eigenvalue weighted by Crippen LogP contribution is 2.02. The molecule has 1 atom stereocenters. The highest BCUT2D eigenvalue weighted by molar-refractivity contribution is 9.10. The second-order valence-electron chi connectivity index (χ2n) is 0.901. The first-order valence-electron chi connectivity index (χ1n) is 1.55. The molecular formula is C3H3Br2FO. The Morgan fingerprint density at radius 2 is 2.29 bits per heavy atom. The summed E-state index contributed by atoms with van der Waals surface area (Å²) in [6, 6.07) is 0. The molecule has 0 heterocycles. The molecule has 0 aromatic rings. The van der Waals surface area contributed by atoms with Crippen LogP contribution in [0.2, 0.25) is 0 Å². The Kier molecular flexibility index (Phi) is 3.83. The number of rotatable bonds is 2. The molecule has 0 spiro atoms. The van der Waals surface area contributed by atoms with Gasteiger partial charge in [-0.2, -0.15) is 0 Å². The Bertz CT molecular complexity index is 73.3. The van der Waals surface area contributed by atoms with Gasteiger partial charge >= 0.3 is 0 Å². The molecule has 0 radical (unpaired) electrons. The zero-order valence-electron chi connectivity index (χ0n) is 3.33. The minimum Gasteiger partial charge on any atom is -0.294 e. The van der Waals surface area contributed by atoms with Crippen LogP contribution in [0.3, 0.4) is 0 Å². The topological polar surface area (TPSA) is 17.1 Å². The monoisotopic (exact) mass is 232 g/mol. The van der Waals surface area contributed by atoms with Crippen molar-refractivity contribution in [3.05, 3.63) is 0 Å². The number of ketones is 1. The van der Waals surface area contributed by atoms with Gasteiger partial charge in [-0.25, -0.2) is 4.39 Å². The normalized spacial score (nSPS) is 13.6. The van der Waals surface area contributed by atoms with Crippen LogP contribution in [0.1, 0.15) is 0 Å². The molecule has 0 saturated heterocycles. The Hall–Kier alpha value is 0.560. The number of Topliss-reactive ketones (excluding diaryl/α,β-unsaturated/α-hetero) is 1. The quantitative estimate of drug-likeness (QED) is 0.663. The van der Waals surface area contributed by atoms with E-state index in [0.29, 0.717) is 0 Å². The minimum atomic E-state index is -1.51. The van der Waals surface area contributed by atoms with Crippen LogP contribution in [0.15, 0.2) is 0 Å². The van der Waals surface area contributed by atoms with Gasteiger partial charge in [0.25, 0.3) is 0 Å². The molecular weight excluding hydrogens is 231 g/mol. The van der Waals surface area contributed by atoms with E-state index in [4.69, 9.17) is 0 Å². The summed E-state index contributed by atoms with van der Waals surface area (Å²) >= 11 is 5.25. The lowest BCUT2D eigenvalue weighted by Crippen LogP contribution is -2.08. The maximum atomic E-state index is 11.6. The Balaban J connectivity index is 3.35. The third-order valence-electron chi connectivity index (χ3n) is 0.375. The van der Waals surface area contributed by atoms with Gasteiger partial charge < -0.3 is 0 Å². The van der Waals surface area contributed by atoms with Gasteiger partial charge in [-0.1, -0.05) is 15.9 Å². The molecule has 0 aromatic carbocycles. The van der Waals surface area contributed by atoms with E-state index >= 15 is 0 Å². The zero-order chi connectivity index (χ0) is 5.86. The van der Waals surface area contributed by atoms with Gasteiger partial charge in [0.2, 0.25) is 5.08 Å². The predicted molar refractivity (Wildman–Crippen MR) is 32.6 cm³/mol. The highest BCUT2D eigenvalue weighted by Gasteiger charge is 2.08. The number of alkyl halides is 3. The maximum absolute atomic E-state index is 11.6. The van der Waals surface area contributed by atoms with Crippen LogP contribution in [0.5, 0.6) is 0 Å². The summed E-state index contributed by atoms with van der Waals surface area (Å²) in [4.78, 5) is 10.0. The summed E-state index contributed by atoms with van der Waals surface area (Å²) in [5, 5.41) is -1.44. The first kappa shape index (κ1) is 7.56. The van der Waals surface area contributed by atoms with Crippen LogP contribution in [0.25, 0.3) is 0 Å². The molecule has 0 aliphatic carbocycles. The lowest BCUT2D eigenvalue weighted by Gasteiger charge is -1.89. The van der Waals surface area contributed by atoms with E-state index in [9.17, 15) is 9.18 Å². The number of carbonyl (C=O) groups excluding carboxylic acids is 1. The summed E-state index contributed by atoms with van der Waals surface area (Å²) in [5.74, 6) is -0.486. The zero-order valence-corrected chi connectivity index (χ0v) is 6.50. The number of halogens is 3. The summed E-state index contributed by atoms with van der Waals surface area (Å²) < 4.78 is 11.6. The van der Waals surface area contributed by atoms with Crippen molar-refractivity contribution in [2.45, 2.75) is 5.08 Å². The maximum Gasteiger partial charge on any atom is 0.213 e. The molecule has 0 aliphatic rings. The molecule has 7 heavy (non-hydrogen) atoms. The average molecular weight is 234 g/mol. The third kappa shape index (κ3) is 3.17. The van der Waals surface area contributed by atoms with Crippen LogP contribution in [0.4, 0.5) is 4.39 Å². The molecule has 0 N–H and O–H groups in total. The van der Waals surface area contributed by atoms with Gasteiger partial charge in [0, 0.05) is 0 Å². The first-order chi connectivity index (χ1) is 3.18. The van der Waals surface area contributed by atoms with E-state index in [0.717, 1.165) is 0 Å². The van der Waals surface area contributed by atoms with E-state index < -0.39 is 10.9 Å². The molecule has 1 unspecified atom stereocenters. The molecule has 0 rings (SSSR count). The fourth-order valence-corrected chi connectivity index (χ4v) is 0.939. The van der Waals surface area contributed by atoms with Crippen molar-refractivity contribution in [3.8, 4) is 0 Å². The molecule has 42 valence electrons. The fraction of sp³-hybridized carbons (Fsp3) is 0.667. The van der Waals surface area contributed by atoms with E-state index in [1.165, 1.54) is 0 Å². The van der Waals surface area contributed by atoms with E-state index in [2.05, 4.69) is 31.9 Å². The van der Waals surface area contributed by atoms with Crippen molar-refractivity contribution in [1.29, 1.82) is 0 Å². The van der Waals surface area contributed by atoms with Crippen molar-refractivity contribution in [3.63, 3.8) is 0 Å². The Labute approximate surface area is 57.5 Å². The molecule has 0 fully saturated rings.